The van der Waals surface area contributed by atoms with Crippen LogP contribution < -0.4 is 33.9 Å². The van der Waals surface area contributed by atoms with Gasteiger partial charge in [0.05, 0.1) is 25.1 Å². The molecule has 29 heavy (non-hydrogen) atoms. The topological polar surface area (TPSA) is 98.7 Å². The van der Waals surface area contributed by atoms with Crippen molar-refractivity contribution in [3.05, 3.63) is 29.3 Å². The lowest BCUT2D eigenvalue weighted by Gasteiger charge is -2.46. The maximum atomic E-state index is 12.4. The number of aliphatic carboxylic acids is 1. The van der Waals surface area contributed by atoms with E-state index < -0.39 is 18.0 Å². The number of β-lactam (4-membered cyclic amide) rings is 1. The van der Waals surface area contributed by atoms with Gasteiger partial charge in [-0.15, -0.1) is 11.8 Å². The fraction of sp³-hybridized carbons (Fsp3) is 0.632. The summed E-state index contributed by atoms with van der Waals surface area (Å²) in [6, 6.07) is 0.0884. The summed E-state index contributed by atoms with van der Waals surface area (Å²) in [6.07, 6.45) is 6.26. The Labute approximate surface area is 191 Å². The zero-order valence-corrected chi connectivity index (χ0v) is 19.6. The largest absolute Gasteiger partial charge is 1.00 e. The number of aliphatic hydroxyl groups is 1. The number of aromatic nitrogens is 2. The predicted molar refractivity (Wildman–Crippen MR) is 103 cm³/mol. The number of carboxylic acids is 1. The highest BCUT2D eigenvalue weighted by Crippen LogP contribution is 2.51. The van der Waals surface area contributed by atoms with Gasteiger partial charge in [-0.05, 0) is 13.3 Å². The Morgan fingerprint density at radius 1 is 1.48 bits per heavy atom. The number of imidazole rings is 1. The van der Waals surface area contributed by atoms with E-state index in [4.69, 9.17) is 0 Å². The molecular formula is C19H27IN4O4S. The molecule has 2 fully saturated rings. The summed E-state index contributed by atoms with van der Waals surface area (Å²) in [5.41, 5.74) is 0.116. The number of aliphatic hydroxyl groups excluding tert-OH is 1. The van der Waals surface area contributed by atoms with E-state index in [9.17, 15) is 19.8 Å². The van der Waals surface area contributed by atoms with Crippen molar-refractivity contribution in [3.63, 3.8) is 0 Å². The molecule has 1 amide bonds. The molecular weight excluding hydrogens is 507 g/mol. The Bertz CT molecular complexity index is 842. The third-order valence-corrected chi connectivity index (χ3v) is 7.55. The molecule has 6 atom stereocenters. The van der Waals surface area contributed by atoms with Crippen LogP contribution in [0.5, 0.6) is 0 Å². The van der Waals surface area contributed by atoms with E-state index in [0.717, 1.165) is 24.4 Å². The first-order chi connectivity index (χ1) is 13.3. The van der Waals surface area contributed by atoms with Crippen LogP contribution in [0.25, 0.3) is 0 Å². The SMILES string of the molecule is C[C@@H](O)[C@H]1C(=O)N2C(C(=O)O)=C(S[C@@H]3CN[C@H](C[n+]4ccn(C)c4)C3)[C@H](C)[C@H]12.[I-]. The van der Waals surface area contributed by atoms with Gasteiger partial charge in [0.25, 0.3) is 0 Å². The molecule has 3 aliphatic heterocycles. The molecule has 0 aromatic carbocycles. The highest BCUT2D eigenvalue weighted by atomic mass is 127. The second-order valence-electron chi connectivity index (χ2n) is 8.13. The monoisotopic (exact) mass is 534 g/mol. The number of carboxylic acid groups (broad SMARTS) is 1. The highest BCUT2D eigenvalue weighted by molar-refractivity contribution is 8.03. The molecule has 3 aliphatic rings. The molecule has 2 saturated heterocycles. The Balaban J connectivity index is 0.00000240. The van der Waals surface area contributed by atoms with Crippen molar-refractivity contribution in [1.29, 1.82) is 0 Å². The van der Waals surface area contributed by atoms with Gasteiger partial charge in [-0.2, -0.15) is 0 Å². The molecule has 0 saturated carbocycles. The number of halogens is 1. The van der Waals surface area contributed by atoms with Gasteiger partial charge in [0.1, 0.15) is 24.6 Å². The third-order valence-electron chi connectivity index (χ3n) is 6.04. The number of aryl methyl sites for hydroxylation is 1. The lowest BCUT2D eigenvalue weighted by molar-refractivity contribution is -0.698. The minimum atomic E-state index is -1.06. The van der Waals surface area contributed by atoms with Gasteiger partial charge in [-0.3, -0.25) is 4.79 Å². The van der Waals surface area contributed by atoms with Crippen LogP contribution in [0.3, 0.4) is 0 Å². The van der Waals surface area contributed by atoms with Gasteiger partial charge in [0.2, 0.25) is 12.2 Å². The second-order valence-corrected chi connectivity index (χ2v) is 9.47. The smallest absolute Gasteiger partial charge is 0.353 e. The molecule has 10 heteroatoms. The number of fused-ring (bicyclic) bond motifs is 1. The minimum Gasteiger partial charge on any atom is -1.00 e. The average Bonchev–Trinajstić information content (AvgIpc) is 3.28. The molecule has 0 unspecified atom stereocenters. The van der Waals surface area contributed by atoms with E-state index in [1.54, 1.807) is 18.7 Å². The van der Waals surface area contributed by atoms with Crippen LogP contribution in [-0.4, -0.2) is 61.5 Å². The van der Waals surface area contributed by atoms with E-state index in [1.165, 1.54) is 4.90 Å². The number of hydrogen-bond donors (Lipinski definition) is 3. The summed E-state index contributed by atoms with van der Waals surface area (Å²) < 4.78 is 4.15. The fourth-order valence-corrected chi connectivity index (χ4v) is 6.25. The highest BCUT2D eigenvalue weighted by Gasteiger charge is 2.60. The van der Waals surface area contributed by atoms with Crippen molar-refractivity contribution < 1.29 is 48.3 Å². The molecule has 4 heterocycles. The van der Waals surface area contributed by atoms with Crippen molar-refractivity contribution in [1.82, 2.24) is 14.8 Å². The number of hydrogen-bond acceptors (Lipinski definition) is 5. The normalized spacial score (nSPS) is 32.1. The lowest BCUT2D eigenvalue weighted by Crippen LogP contribution is -3.00. The first-order valence-electron chi connectivity index (χ1n) is 9.67. The lowest BCUT2D eigenvalue weighted by atomic mass is 9.79. The molecule has 4 rings (SSSR count). The minimum absolute atomic E-state index is 0. The zero-order chi connectivity index (χ0) is 20.2. The van der Waals surface area contributed by atoms with Crippen LogP contribution >= 0.6 is 11.8 Å². The van der Waals surface area contributed by atoms with Crippen molar-refractivity contribution in [3.8, 4) is 0 Å². The van der Waals surface area contributed by atoms with Crippen molar-refractivity contribution in [2.75, 3.05) is 6.54 Å². The van der Waals surface area contributed by atoms with Crippen molar-refractivity contribution in [2.24, 2.45) is 18.9 Å². The molecule has 3 N–H and O–H groups in total. The van der Waals surface area contributed by atoms with Gasteiger partial charge >= 0.3 is 5.97 Å². The van der Waals surface area contributed by atoms with Crippen molar-refractivity contribution in [2.45, 2.75) is 50.3 Å². The molecule has 8 nitrogen and oxygen atoms in total. The summed E-state index contributed by atoms with van der Waals surface area (Å²) in [4.78, 5) is 26.5. The van der Waals surface area contributed by atoms with Gasteiger partial charge in [-0.1, -0.05) is 6.92 Å². The van der Waals surface area contributed by atoms with E-state index >= 15 is 0 Å². The molecule has 1 aromatic heterocycles. The average molecular weight is 534 g/mol. The number of amides is 1. The molecule has 160 valence electrons. The van der Waals surface area contributed by atoms with Gasteiger partial charge in [-0.25, -0.2) is 13.9 Å². The van der Waals surface area contributed by atoms with Crippen LogP contribution in [0.15, 0.2) is 29.3 Å². The molecule has 0 spiro atoms. The predicted octanol–water partition coefficient (Wildman–Crippen LogP) is -3.07. The second kappa shape index (κ2) is 8.56. The number of nitrogens with one attached hydrogen (secondary N) is 1. The molecule has 0 radical (unpaired) electrons. The zero-order valence-electron chi connectivity index (χ0n) is 16.7. The number of carbonyl (C=O) groups excluding carboxylic acids is 1. The maximum absolute atomic E-state index is 12.4. The van der Waals surface area contributed by atoms with E-state index in [0.29, 0.717) is 6.04 Å². The molecule has 0 bridgehead atoms. The van der Waals surface area contributed by atoms with Gasteiger partial charge < -0.3 is 44.4 Å². The number of rotatable bonds is 6. The first kappa shape index (κ1) is 22.6. The summed E-state index contributed by atoms with van der Waals surface area (Å²) in [7, 11) is 1.99. The van der Waals surface area contributed by atoms with Crippen LogP contribution in [0.4, 0.5) is 0 Å². The summed E-state index contributed by atoms with van der Waals surface area (Å²) in [6.45, 7) is 5.25. The Morgan fingerprint density at radius 3 is 2.79 bits per heavy atom. The summed E-state index contributed by atoms with van der Waals surface area (Å²) >= 11 is 1.59. The Hall–Kier alpha value is -1.11. The van der Waals surface area contributed by atoms with Crippen LogP contribution in [0, 0.1) is 11.8 Å². The van der Waals surface area contributed by atoms with Crippen LogP contribution in [0.2, 0.25) is 0 Å². The standard InChI is InChI=1S/C19H26N4O4S.HI/c1-10-15-14(11(2)24)18(25)23(15)16(19(26)27)17(10)28-13-6-12(20-7-13)8-22-5-4-21(3)9-22;/h4-5,9-15,20,24H,6-8H2,1-3H3;1H/t10-,11-,12+,13+,14-,15-;/m1./s1. The van der Waals surface area contributed by atoms with Gasteiger partial charge in [0, 0.05) is 28.7 Å². The Kier molecular flexibility index (Phi) is 6.66. The third kappa shape index (κ3) is 3.96. The first-order valence-corrected chi connectivity index (χ1v) is 10.6. The van der Waals surface area contributed by atoms with Crippen molar-refractivity contribution >= 4 is 23.6 Å². The van der Waals surface area contributed by atoms with E-state index in [1.807, 2.05) is 37.3 Å². The molecule has 0 aliphatic carbocycles. The quantitative estimate of drug-likeness (QED) is 0.204. The maximum Gasteiger partial charge on any atom is 0.353 e. The Morgan fingerprint density at radius 2 is 2.21 bits per heavy atom. The summed E-state index contributed by atoms with van der Waals surface area (Å²) in [5.74, 6) is -1.92. The van der Waals surface area contributed by atoms with E-state index in [2.05, 4.69) is 9.88 Å². The van der Waals surface area contributed by atoms with Crippen LogP contribution in [-0.2, 0) is 23.2 Å². The number of carbonyl (C=O) groups is 2. The van der Waals surface area contributed by atoms with E-state index in [-0.39, 0.29) is 52.8 Å². The fourth-order valence-electron chi connectivity index (χ4n) is 4.73. The number of thioether (sulfide) groups is 1. The summed E-state index contributed by atoms with van der Waals surface area (Å²) in [5, 5.41) is 23.5. The van der Waals surface area contributed by atoms with Crippen LogP contribution in [0.1, 0.15) is 20.3 Å². The van der Waals surface area contributed by atoms with Gasteiger partial charge in [0.15, 0.2) is 0 Å². The molecule has 1 aromatic rings. The number of nitrogens with zero attached hydrogens (tertiary/aromatic N) is 3.